The summed E-state index contributed by atoms with van der Waals surface area (Å²) < 4.78 is 24.6. The first-order valence-corrected chi connectivity index (χ1v) is 5.85. The number of halogens is 1. The summed E-state index contributed by atoms with van der Waals surface area (Å²) in [6.45, 7) is 3.43. The predicted octanol–water partition coefficient (Wildman–Crippen LogP) is 2.84. The average molecular weight is 248 g/mol. The van der Waals surface area contributed by atoms with E-state index in [0.29, 0.717) is 17.8 Å². The Labute approximate surface area is 103 Å². The summed E-state index contributed by atoms with van der Waals surface area (Å²) in [5.74, 6) is 0.593. The van der Waals surface area contributed by atoms with Crippen LogP contribution in [0.1, 0.15) is 19.4 Å². The van der Waals surface area contributed by atoms with Crippen LogP contribution in [0, 0.1) is 0 Å². The van der Waals surface area contributed by atoms with Crippen LogP contribution in [0.15, 0.2) is 33.5 Å². The monoisotopic (exact) mass is 248 g/mol. The van der Waals surface area contributed by atoms with Gasteiger partial charge in [-0.15, -0.1) is 0 Å². The maximum atomic E-state index is 13.9. The van der Waals surface area contributed by atoms with Gasteiger partial charge in [-0.2, -0.15) is 0 Å². The van der Waals surface area contributed by atoms with Crippen LogP contribution in [-0.2, 0) is 6.42 Å². The molecule has 0 saturated carbocycles. The predicted molar refractivity (Wildman–Crippen MR) is 65.8 cm³/mol. The molecule has 1 aliphatic rings. The fourth-order valence-electron chi connectivity index (χ4n) is 2.18. The van der Waals surface area contributed by atoms with Crippen molar-refractivity contribution in [3.05, 3.63) is 40.2 Å². The molecule has 1 aromatic heterocycles. The van der Waals surface area contributed by atoms with Gasteiger partial charge in [-0.25, -0.2) is 9.18 Å². The molecular weight excluding hydrogens is 235 g/mol. The molecule has 94 valence electrons. The number of alkyl halides is 1. The molecule has 0 aliphatic carbocycles. The number of rotatable bonds is 0. The van der Waals surface area contributed by atoms with Gasteiger partial charge in [0.25, 0.3) is 0 Å². The van der Waals surface area contributed by atoms with Gasteiger partial charge in [0.15, 0.2) is 0 Å². The zero-order chi connectivity index (χ0) is 12.9. The van der Waals surface area contributed by atoms with Crippen molar-refractivity contribution in [3.63, 3.8) is 0 Å². The van der Waals surface area contributed by atoms with E-state index in [-0.39, 0.29) is 0 Å². The quantitative estimate of drug-likeness (QED) is 0.673. The number of ether oxygens (including phenoxy) is 1. The van der Waals surface area contributed by atoms with Crippen LogP contribution in [0.2, 0.25) is 0 Å². The van der Waals surface area contributed by atoms with Gasteiger partial charge in [0.2, 0.25) is 0 Å². The zero-order valence-corrected chi connectivity index (χ0v) is 10.2. The van der Waals surface area contributed by atoms with E-state index in [0.717, 1.165) is 10.9 Å². The largest absolute Gasteiger partial charge is 0.484 e. The third-order valence-corrected chi connectivity index (χ3v) is 3.33. The molecule has 3 nitrogen and oxygen atoms in total. The molecule has 4 heteroatoms. The lowest BCUT2D eigenvalue weighted by atomic mass is 9.91. The van der Waals surface area contributed by atoms with Crippen molar-refractivity contribution in [1.29, 1.82) is 0 Å². The van der Waals surface area contributed by atoms with E-state index < -0.39 is 17.4 Å². The smallest absolute Gasteiger partial charge is 0.336 e. The molecule has 0 saturated heterocycles. The van der Waals surface area contributed by atoms with Crippen LogP contribution in [0.25, 0.3) is 11.0 Å². The summed E-state index contributed by atoms with van der Waals surface area (Å²) >= 11 is 0. The maximum Gasteiger partial charge on any atom is 0.336 e. The Bertz CT molecular complexity index is 672. The standard InChI is InChI=1S/C14H13FO3/c1-14(2)12(15)6-9-5-8-3-4-13(16)17-10(8)7-11(9)18-14/h3-5,7,12H,6H2,1-2H3/t12-/m0/s1. The van der Waals surface area contributed by atoms with E-state index in [4.69, 9.17) is 9.15 Å². The van der Waals surface area contributed by atoms with Crippen molar-refractivity contribution in [2.45, 2.75) is 32.0 Å². The molecule has 1 atom stereocenters. The minimum atomic E-state index is -1.04. The van der Waals surface area contributed by atoms with Gasteiger partial charge in [-0.1, -0.05) is 0 Å². The molecule has 1 aromatic carbocycles. The van der Waals surface area contributed by atoms with Gasteiger partial charge in [-0.05, 0) is 31.5 Å². The highest BCUT2D eigenvalue weighted by molar-refractivity contribution is 5.79. The fraction of sp³-hybridized carbons (Fsp3) is 0.357. The van der Waals surface area contributed by atoms with Crippen LogP contribution >= 0.6 is 0 Å². The van der Waals surface area contributed by atoms with Gasteiger partial charge >= 0.3 is 5.63 Å². The average Bonchev–Trinajstić information content (AvgIpc) is 2.28. The molecule has 3 rings (SSSR count). The summed E-state index contributed by atoms with van der Waals surface area (Å²) in [5.41, 5.74) is 0.0221. The molecule has 0 amide bonds. The molecule has 0 spiro atoms. The fourth-order valence-corrected chi connectivity index (χ4v) is 2.18. The zero-order valence-electron chi connectivity index (χ0n) is 10.2. The Hall–Kier alpha value is -1.84. The van der Waals surface area contributed by atoms with E-state index in [2.05, 4.69) is 0 Å². The van der Waals surface area contributed by atoms with E-state index in [9.17, 15) is 9.18 Å². The highest BCUT2D eigenvalue weighted by Crippen LogP contribution is 2.37. The summed E-state index contributed by atoms with van der Waals surface area (Å²) in [6, 6.07) is 6.51. The summed E-state index contributed by atoms with van der Waals surface area (Å²) in [6.07, 6.45) is -0.726. The molecule has 0 unspecified atom stereocenters. The summed E-state index contributed by atoms with van der Waals surface area (Å²) in [5, 5.41) is 0.781. The molecule has 0 fully saturated rings. The van der Waals surface area contributed by atoms with E-state index in [1.54, 1.807) is 26.0 Å². The van der Waals surface area contributed by atoms with Crippen LogP contribution in [0.5, 0.6) is 5.75 Å². The normalized spacial score (nSPS) is 21.4. The first-order valence-electron chi connectivity index (χ1n) is 5.85. The Kier molecular flexibility index (Phi) is 2.24. The van der Waals surface area contributed by atoms with Crippen molar-refractivity contribution in [1.82, 2.24) is 0 Å². The molecule has 0 bridgehead atoms. The van der Waals surface area contributed by atoms with Gasteiger partial charge in [0, 0.05) is 23.9 Å². The summed E-state index contributed by atoms with van der Waals surface area (Å²) in [4.78, 5) is 11.2. The first kappa shape index (κ1) is 11.3. The minimum Gasteiger partial charge on any atom is -0.484 e. The topological polar surface area (TPSA) is 39.4 Å². The van der Waals surface area contributed by atoms with Crippen LogP contribution in [0.4, 0.5) is 4.39 Å². The highest BCUT2D eigenvalue weighted by Gasteiger charge is 2.37. The molecule has 2 heterocycles. The van der Waals surface area contributed by atoms with Crippen molar-refractivity contribution in [2.75, 3.05) is 0 Å². The second kappa shape index (κ2) is 3.57. The summed E-state index contributed by atoms with van der Waals surface area (Å²) in [7, 11) is 0. The number of benzene rings is 1. The Morgan fingerprint density at radius 3 is 2.89 bits per heavy atom. The first-order chi connectivity index (χ1) is 8.45. The van der Waals surface area contributed by atoms with Crippen molar-refractivity contribution >= 4 is 11.0 Å². The van der Waals surface area contributed by atoms with Crippen molar-refractivity contribution < 1.29 is 13.5 Å². The Balaban J connectivity index is 2.20. The molecule has 2 aromatic rings. The maximum absolute atomic E-state index is 13.9. The minimum absolute atomic E-state index is 0.317. The SMILES string of the molecule is CC1(C)Oc2cc3oc(=O)ccc3cc2C[C@@H]1F. The highest BCUT2D eigenvalue weighted by atomic mass is 19.1. The van der Waals surface area contributed by atoms with Gasteiger partial charge < -0.3 is 9.15 Å². The number of fused-ring (bicyclic) bond motifs is 2. The van der Waals surface area contributed by atoms with Gasteiger partial charge in [0.05, 0.1) is 0 Å². The number of hydrogen-bond acceptors (Lipinski definition) is 3. The van der Waals surface area contributed by atoms with E-state index >= 15 is 0 Å². The van der Waals surface area contributed by atoms with Crippen molar-refractivity contribution in [2.24, 2.45) is 0 Å². The molecular formula is C14H13FO3. The number of hydrogen-bond donors (Lipinski definition) is 0. The molecule has 1 aliphatic heterocycles. The molecule has 0 radical (unpaired) electrons. The van der Waals surface area contributed by atoms with Crippen LogP contribution in [0.3, 0.4) is 0 Å². The Morgan fingerprint density at radius 1 is 1.33 bits per heavy atom. The lowest BCUT2D eigenvalue weighted by molar-refractivity contribution is 0.00572. The van der Waals surface area contributed by atoms with E-state index in [1.165, 1.54) is 6.07 Å². The lowest BCUT2D eigenvalue weighted by Gasteiger charge is -2.35. The van der Waals surface area contributed by atoms with Gasteiger partial charge in [-0.3, -0.25) is 0 Å². The second-order valence-electron chi connectivity index (χ2n) is 5.13. The molecule has 18 heavy (non-hydrogen) atoms. The van der Waals surface area contributed by atoms with E-state index in [1.807, 2.05) is 6.07 Å². The lowest BCUT2D eigenvalue weighted by Crippen LogP contribution is -2.43. The third-order valence-electron chi connectivity index (χ3n) is 3.33. The second-order valence-corrected chi connectivity index (χ2v) is 5.13. The van der Waals surface area contributed by atoms with Crippen LogP contribution < -0.4 is 10.4 Å². The van der Waals surface area contributed by atoms with Gasteiger partial charge in [0.1, 0.15) is 23.1 Å². The van der Waals surface area contributed by atoms with Crippen LogP contribution in [-0.4, -0.2) is 11.8 Å². The Morgan fingerprint density at radius 2 is 2.11 bits per heavy atom. The van der Waals surface area contributed by atoms with Crippen molar-refractivity contribution in [3.8, 4) is 5.75 Å². The molecule has 0 N–H and O–H groups in total. The third kappa shape index (κ3) is 1.68.